The Balaban J connectivity index is 2.02. The Morgan fingerprint density at radius 1 is 1.17 bits per heavy atom. The third-order valence-electron chi connectivity index (χ3n) is 3.05. The Bertz CT molecular complexity index is 723. The normalized spacial score (nSPS) is 10.4. The summed E-state index contributed by atoms with van der Waals surface area (Å²) in [5, 5.41) is 9.51. The van der Waals surface area contributed by atoms with Gasteiger partial charge in [0.25, 0.3) is 0 Å². The maximum Gasteiger partial charge on any atom is 0.321 e. The van der Waals surface area contributed by atoms with Gasteiger partial charge in [-0.25, -0.2) is 14.8 Å². The van der Waals surface area contributed by atoms with Crippen molar-refractivity contribution in [3.63, 3.8) is 0 Å². The van der Waals surface area contributed by atoms with Gasteiger partial charge in [0.15, 0.2) is 5.16 Å². The first-order chi connectivity index (χ1) is 11.6. The predicted molar refractivity (Wildman–Crippen MR) is 96.3 cm³/mol. The van der Waals surface area contributed by atoms with E-state index in [-0.39, 0.29) is 11.7 Å². The Kier molecular flexibility index (Phi) is 6.80. The molecule has 0 unspecified atom stereocenters. The Hall–Kier alpha value is -2.35. The molecule has 2 rings (SSSR count). The number of carbonyl (C=O) groups excluding carboxylic acids is 2. The second-order valence-corrected chi connectivity index (χ2v) is 5.94. The van der Waals surface area contributed by atoms with Gasteiger partial charge in [0.1, 0.15) is 5.82 Å². The van der Waals surface area contributed by atoms with Gasteiger partial charge in [0.05, 0.1) is 11.3 Å². The summed E-state index contributed by atoms with van der Waals surface area (Å²) < 4.78 is 0. The number of nitrogens with one attached hydrogen (secondary N) is 3. The van der Waals surface area contributed by atoms with Crippen LogP contribution in [0, 0.1) is 0 Å². The molecule has 2 aromatic rings. The van der Waals surface area contributed by atoms with Gasteiger partial charge in [0, 0.05) is 18.5 Å². The lowest BCUT2D eigenvalue weighted by molar-refractivity contribution is -0.117. The van der Waals surface area contributed by atoms with Gasteiger partial charge >= 0.3 is 6.03 Å². The summed E-state index contributed by atoms with van der Waals surface area (Å²) in [5.41, 5.74) is 0.812. The van der Waals surface area contributed by atoms with Gasteiger partial charge in [-0.05, 0) is 25.5 Å². The lowest BCUT2D eigenvalue weighted by Crippen LogP contribution is -2.40. The molecule has 8 heteroatoms. The van der Waals surface area contributed by atoms with Crippen LogP contribution >= 0.6 is 11.8 Å². The van der Waals surface area contributed by atoms with Gasteiger partial charge in [-0.3, -0.25) is 10.1 Å². The van der Waals surface area contributed by atoms with Crippen LogP contribution in [0.1, 0.15) is 20.3 Å². The van der Waals surface area contributed by atoms with E-state index in [2.05, 4.69) is 25.9 Å². The first-order valence-corrected chi connectivity index (χ1v) is 8.83. The number of carbonyl (C=O) groups is 2. The summed E-state index contributed by atoms with van der Waals surface area (Å²) >= 11 is 1.19. The minimum atomic E-state index is -0.477. The minimum Gasteiger partial charge on any atom is -0.370 e. The molecule has 24 heavy (non-hydrogen) atoms. The number of nitrogens with zero attached hydrogens (tertiary/aromatic N) is 2. The summed E-state index contributed by atoms with van der Waals surface area (Å²) in [7, 11) is 0. The summed E-state index contributed by atoms with van der Waals surface area (Å²) in [5.74, 6) is 0.436. The molecular formula is C16H21N5O2S. The maximum atomic E-state index is 11.8. The number of para-hydroxylation sites is 1. The van der Waals surface area contributed by atoms with Crippen LogP contribution in [0.5, 0.6) is 0 Å². The van der Waals surface area contributed by atoms with Crippen molar-refractivity contribution in [3.8, 4) is 0 Å². The van der Waals surface area contributed by atoms with Crippen LogP contribution in [0.2, 0.25) is 0 Å². The van der Waals surface area contributed by atoms with Gasteiger partial charge in [0.2, 0.25) is 5.91 Å². The van der Waals surface area contributed by atoms with Crippen LogP contribution in [0.15, 0.2) is 29.4 Å². The molecule has 0 radical (unpaired) electrons. The largest absolute Gasteiger partial charge is 0.370 e. The number of anilines is 1. The number of thioether (sulfide) groups is 1. The van der Waals surface area contributed by atoms with Crippen molar-refractivity contribution in [3.05, 3.63) is 24.3 Å². The third kappa shape index (κ3) is 5.09. The van der Waals surface area contributed by atoms with E-state index >= 15 is 0 Å². The van der Waals surface area contributed by atoms with E-state index in [0.29, 0.717) is 11.7 Å². The monoisotopic (exact) mass is 347 g/mol. The molecule has 0 fully saturated rings. The summed E-state index contributed by atoms with van der Waals surface area (Å²) in [6.45, 7) is 5.21. The van der Waals surface area contributed by atoms with E-state index in [0.717, 1.165) is 29.7 Å². The molecule has 0 atom stereocenters. The molecule has 0 saturated heterocycles. The number of aromatic nitrogens is 2. The molecular weight excluding hydrogens is 326 g/mol. The van der Waals surface area contributed by atoms with Crippen molar-refractivity contribution < 1.29 is 9.59 Å². The Morgan fingerprint density at radius 3 is 2.71 bits per heavy atom. The molecule has 3 amide bonds. The molecule has 1 heterocycles. The zero-order valence-corrected chi connectivity index (χ0v) is 14.6. The van der Waals surface area contributed by atoms with E-state index in [1.807, 2.05) is 38.1 Å². The molecule has 0 aliphatic carbocycles. The molecule has 128 valence electrons. The van der Waals surface area contributed by atoms with Crippen molar-refractivity contribution in [2.24, 2.45) is 0 Å². The number of hydrogen-bond donors (Lipinski definition) is 3. The number of urea groups is 1. The molecule has 7 nitrogen and oxygen atoms in total. The maximum absolute atomic E-state index is 11.8. The molecule has 0 bridgehead atoms. The fraction of sp³-hybridized carbons (Fsp3) is 0.375. The third-order valence-corrected chi connectivity index (χ3v) is 3.90. The second kappa shape index (κ2) is 9.07. The molecule has 3 N–H and O–H groups in total. The van der Waals surface area contributed by atoms with Crippen molar-refractivity contribution in [2.45, 2.75) is 25.4 Å². The van der Waals surface area contributed by atoms with E-state index in [1.165, 1.54) is 11.8 Å². The van der Waals surface area contributed by atoms with Crippen molar-refractivity contribution in [2.75, 3.05) is 24.2 Å². The highest BCUT2D eigenvalue weighted by molar-refractivity contribution is 7.99. The lowest BCUT2D eigenvalue weighted by Gasteiger charge is -2.09. The number of fused-ring (bicyclic) bond motifs is 1. The molecule has 1 aromatic carbocycles. The minimum absolute atomic E-state index is 0.0729. The summed E-state index contributed by atoms with van der Waals surface area (Å²) in [6, 6.07) is 7.22. The fourth-order valence-corrected chi connectivity index (χ4v) is 2.65. The standard InChI is InChI=1S/C16H21N5O2S/c1-3-9-18-15(23)20-13(22)10-24-16-19-12-8-6-5-7-11(12)14(21-16)17-4-2/h5-8H,3-4,9-10H2,1-2H3,(H,17,19,21)(H2,18,20,22,23). The van der Waals surface area contributed by atoms with E-state index in [9.17, 15) is 9.59 Å². The highest BCUT2D eigenvalue weighted by Crippen LogP contribution is 2.24. The van der Waals surface area contributed by atoms with Gasteiger partial charge < -0.3 is 10.6 Å². The Morgan fingerprint density at radius 2 is 1.96 bits per heavy atom. The van der Waals surface area contributed by atoms with Crippen LogP contribution in [0.4, 0.5) is 10.6 Å². The van der Waals surface area contributed by atoms with Crippen LogP contribution in [0.25, 0.3) is 10.9 Å². The SMILES string of the molecule is CCCNC(=O)NC(=O)CSc1nc(NCC)c2ccccc2n1. The van der Waals surface area contributed by atoms with Gasteiger partial charge in [-0.2, -0.15) is 0 Å². The average Bonchev–Trinajstić information content (AvgIpc) is 2.58. The highest BCUT2D eigenvalue weighted by Gasteiger charge is 2.11. The average molecular weight is 347 g/mol. The first kappa shape index (κ1) is 18.0. The zero-order chi connectivity index (χ0) is 17.4. The molecule has 0 spiro atoms. The second-order valence-electron chi connectivity index (χ2n) is 5.00. The number of benzene rings is 1. The van der Waals surface area contributed by atoms with E-state index in [4.69, 9.17) is 0 Å². The van der Waals surface area contributed by atoms with Crippen molar-refractivity contribution in [1.29, 1.82) is 0 Å². The summed E-state index contributed by atoms with van der Waals surface area (Å²) in [6.07, 6.45) is 0.814. The van der Waals surface area contributed by atoms with E-state index < -0.39 is 6.03 Å². The first-order valence-electron chi connectivity index (χ1n) is 7.85. The highest BCUT2D eigenvalue weighted by atomic mass is 32.2. The number of imide groups is 1. The lowest BCUT2D eigenvalue weighted by atomic mass is 10.2. The van der Waals surface area contributed by atoms with Crippen LogP contribution in [-0.2, 0) is 4.79 Å². The molecule has 1 aromatic heterocycles. The quantitative estimate of drug-likeness (QED) is 0.526. The van der Waals surface area contributed by atoms with Crippen LogP contribution in [0.3, 0.4) is 0 Å². The fourth-order valence-electron chi connectivity index (χ4n) is 2.00. The van der Waals surface area contributed by atoms with Crippen molar-refractivity contribution in [1.82, 2.24) is 20.6 Å². The van der Waals surface area contributed by atoms with Crippen LogP contribution < -0.4 is 16.0 Å². The summed E-state index contributed by atoms with van der Waals surface area (Å²) in [4.78, 5) is 32.1. The van der Waals surface area contributed by atoms with E-state index in [1.54, 1.807) is 0 Å². The van der Waals surface area contributed by atoms with Crippen LogP contribution in [-0.4, -0.2) is 40.7 Å². The smallest absolute Gasteiger partial charge is 0.321 e. The topological polar surface area (TPSA) is 96.0 Å². The number of hydrogen-bond acceptors (Lipinski definition) is 6. The zero-order valence-electron chi connectivity index (χ0n) is 13.8. The molecule has 0 saturated carbocycles. The van der Waals surface area contributed by atoms with Gasteiger partial charge in [-0.15, -0.1) is 0 Å². The molecule has 0 aliphatic rings. The molecule has 0 aliphatic heterocycles. The van der Waals surface area contributed by atoms with Crippen molar-refractivity contribution >= 4 is 40.4 Å². The Labute approximate surface area is 145 Å². The predicted octanol–water partition coefficient (Wildman–Crippen LogP) is 2.39. The number of rotatable bonds is 7. The van der Waals surface area contributed by atoms with Gasteiger partial charge in [-0.1, -0.05) is 30.8 Å². The number of amides is 3.